The Hall–Kier alpha value is -3.27. The van der Waals surface area contributed by atoms with Crippen molar-refractivity contribution in [3.05, 3.63) is 60.4 Å². The Morgan fingerprint density at radius 2 is 1.71 bits per heavy atom. The van der Waals surface area contributed by atoms with Crippen LogP contribution in [0.1, 0.15) is 6.42 Å². The molecule has 0 radical (unpaired) electrons. The second-order valence-electron chi connectivity index (χ2n) is 5.66. The largest absolute Gasteiger partial charge is 0.273 e. The Labute approximate surface area is 164 Å². The summed E-state index contributed by atoms with van der Waals surface area (Å²) in [4.78, 5) is 25.7. The number of amides is 2. The third kappa shape index (κ3) is 5.88. The molecule has 0 unspecified atom stereocenters. The SMILES string of the molecule is O=C(CCSc1ccc(F)cc1)NNC(=O)Cn1nnc(-c2ccccc2)n1. The van der Waals surface area contributed by atoms with E-state index in [-0.39, 0.29) is 24.7 Å². The van der Waals surface area contributed by atoms with Gasteiger partial charge in [-0.15, -0.1) is 22.0 Å². The minimum atomic E-state index is -0.475. The van der Waals surface area contributed by atoms with Gasteiger partial charge in [-0.3, -0.25) is 20.4 Å². The van der Waals surface area contributed by atoms with Crippen molar-refractivity contribution in [2.24, 2.45) is 0 Å². The molecule has 10 heteroatoms. The third-order valence-corrected chi connectivity index (χ3v) is 4.54. The maximum atomic E-state index is 12.8. The van der Waals surface area contributed by atoms with Crippen molar-refractivity contribution in [2.75, 3.05) is 5.75 Å². The van der Waals surface area contributed by atoms with Gasteiger partial charge in [0.25, 0.3) is 5.91 Å². The van der Waals surface area contributed by atoms with Crippen LogP contribution in [0.3, 0.4) is 0 Å². The van der Waals surface area contributed by atoms with Crippen LogP contribution in [0.5, 0.6) is 0 Å². The smallest absolute Gasteiger partial charge is 0.262 e. The molecule has 3 rings (SSSR count). The lowest BCUT2D eigenvalue weighted by molar-refractivity contribution is -0.129. The molecule has 0 spiro atoms. The molecule has 0 aliphatic carbocycles. The van der Waals surface area contributed by atoms with Crippen LogP contribution in [0, 0.1) is 5.82 Å². The van der Waals surface area contributed by atoms with Gasteiger partial charge in [0.1, 0.15) is 12.4 Å². The molecule has 0 saturated carbocycles. The van der Waals surface area contributed by atoms with E-state index in [1.807, 2.05) is 30.3 Å². The zero-order valence-electron chi connectivity index (χ0n) is 14.7. The molecule has 1 heterocycles. The highest BCUT2D eigenvalue weighted by Crippen LogP contribution is 2.18. The van der Waals surface area contributed by atoms with Gasteiger partial charge in [-0.1, -0.05) is 30.3 Å². The van der Waals surface area contributed by atoms with Gasteiger partial charge in [-0.05, 0) is 29.5 Å². The minimum absolute atomic E-state index is 0.176. The van der Waals surface area contributed by atoms with Gasteiger partial charge < -0.3 is 0 Å². The van der Waals surface area contributed by atoms with Crippen LogP contribution in [-0.2, 0) is 16.1 Å². The van der Waals surface area contributed by atoms with Gasteiger partial charge in [0.05, 0.1) is 0 Å². The summed E-state index contributed by atoms with van der Waals surface area (Å²) in [5, 5.41) is 11.8. The van der Waals surface area contributed by atoms with E-state index >= 15 is 0 Å². The molecule has 0 aliphatic heterocycles. The summed E-state index contributed by atoms with van der Waals surface area (Å²) in [6.07, 6.45) is 0.196. The maximum absolute atomic E-state index is 12.8. The van der Waals surface area contributed by atoms with Gasteiger partial charge in [-0.2, -0.15) is 4.80 Å². The average molecular weight is 400 g/mol. The number of hydrogen-bond donors (Lipinski definition) is 2. The molecule has 144 valence electrons. The number of tetrazole rings is 1. The van der Waals surface area contributed by atoms with E-state index in [0.29, 0.717) is 11.6 Å². The van der Waals surface area contributed by atoms with Crippen LogP contribution in [-0.4, -0.2) is 37.8 Å². The second-order valence-corrected chi connectivity index (χ2v) is 6.83. The molecule has 2 N–H and O–H groups in total. The normalized spacial score (nSPS) is 10.5. The molecule has 0 bridgehead atoms. The molecule has 28 heavy (non-hydrogen) atoms. The molecule has 8 nitrogen and oxygen atoms in total. The lowest BCUT2D eigenvalue weighted by atomic mass is 10.2. The van der Waals surface area contributed by atoms with Gasteiger partial charge in [0.15, 0.2) is 0 Å². The molecule has 3 aromatic rings. The summed E-state index contributed by atoms with van der Waals surface area (Å²) >= 11 is 1.42. The number of benzene rings is 2. The number of halogens is 1. The number of carbonyl (C=O) groups excluding carboxylic acids is 2. The Bertz CT molecular complexity index is 933. The Morgan fingerprint density at radius 3 is 2.46 bits per heavy atom. The molecule has 1 aromatic heterocycles. The summed E-state index contributed by atoms with van der Waals surface area (Å²) in [6, 6.07) is 15.3. The van der Waals surface area contributed by atoms with E-state index in [4.69, 9.17) is 0 Å². The third-order valence-electron chi connectivity index (χ3n) is 3.52. The summed E-state index contributed by atoms with van der Waals surface area (Å²) in [6.45, 7) is -0.176. The van der Waals surface area contributed by atoms with Gasteiger partial charge in [-0.25, -0.2) is 4.39 Å². The molecule has 0 fully saturated rings. The molecule has 2 amide bonds. The second kappa shape index (κ2) is 9.60. The molecular weight excluding hydrogens is 383 g/mol. The number of carbonyl (C=O) groups is 2. The van der Waals surface area contributed by atoms with Crippen molar-refractivity contribution >= 4 is 23.6 Å². The van der Waals surface area contributed by atoms with Crippen LogP contribution in [0.25, 0.3) is 11.4 Å². The molecule has 0 atom stereocenters. The van der Waals surface area contributed by atoms with Crippen molar-refractivity contribution in [3.63, 3.8) is 0 Å². The number of hydrazine groups is 1. The van der Waals surface area contributed by atoms with Crippen molar-refractivity contribution in [1.82, 2.24) is 31.1 Å². The van der Waals surface area contributed by atoms with Crippen molar-refractivity contribution in [3.8, 4) is 11.4 Å². The van der Waals surface area contributed by atoms with E-state index in [1.165, 1.54) is 23.9 Å². The molecule has 0 aliphatic rings. The van der Waals surface area contributed by atoms with Crippen LogP contribution in [0.15, 0.2) is 59.5 Å². The van der Waals surface area contributed by atoms with E-state index in [0.717, 1.165) is 15.3 Å². The van der Waals surface area contributed by atoms with E-state index in [1.54, 1.807) is 12.1 Å². The fourth-order valence-electron chi connectivity index (χ4n) is 2.18. The topological polar surface area (TPSA) is 102 Å². The van der Waals surface area contributed by atoms with Gasteiger partial charge in [0, 0.05) is 22.6 Å². The minimum Gasteiger partial charge on any atom is -0.273 e. The monoisotopic (exact) mass is 400 g/mol. The first-order valence-electron chi connectivity index (χ1n) is 8.39. The lowest BCUT2D eigenvalue weighted by Crippen LogP contribution is -2.43. The zero-order chi connectivity index (χ0) is 19.8. The molecule has 0 saturated heterocycles. The fourth-order valence-corrected chi connectivity index (χ4v) is 3.03. The Balaban J connectivity index is 1.37. The van der Waals surface area contributed by atoms with Crippen LogP contribution in [0.4, 0.5) is 4.39 Å². The fraction of sp³-hybridized carbons (Fsp3) is 0.167. The highest BCUT2D eigenvalue weighted by molar-refractivity contribution is 7.99. The first kappa shape index (κ1) is 19.5. The summed E-state index contributed by atoms with van der Waals surface area (Å²) in [7, 11) is 0. The summed E-state index contributed by atoms with van der Waals surface area (Å²) < 4.78 is 12.8. The number of thioether (sulfide) groups is 1. The van der Waals surface area contributed by atoms with Crippen molar-refractivity contribution < 1.29 is 14.0 Å². The molecule has 2 aromatic carbocycles. The number of nitrogens with one attached hydrogen (secondary N) is 2. The van der Waals surface area contributed by atoms with Gasteiger partial charge in [0.2, 0.25) is 11.7 Å². The van der Waals surface area contributed by atoms with Crippen molar-refractivity contribution in [2.45, 2.75) is 17.9 Å². The first-order valence-corrected chi connectivity index (χ1v) is 9.38. The summed E-state index contributed by atoms with van der Waals surface area (Å²) in [5.41, 5.74) is 5.44. The summed E-state index contributed by atoms with van der Waals surface area (Å²) in [5.74, 6) is -0.202. The molecular formula is C18H17FN6O2S. The van der Waals surface area contributed by atoms with Crippen molar-refractivity contribution in [1.29, 1.82) is 0 Å². The highest BCUT2D eigenvalue weighted by atomic mass is 32.2. The number of aromatic nitrogens is 4. The predicted octanol–water partition coefficient (Wildman–Crippen LogP) is 1.81. The van der Waals surface area contributed by atoms with Crippen LogP contribution >= 0.6 is 11.8 Å². The number of rotatable bonds is 7. The Kier molecular flexibility index (Phi) is 6.68. The van der Waals surface area contributed by atoms with E-state index in [2.05, 4.69) is 26.3 Å². The first-order chi connectivity index (χ1) is 13.6. The highest BCUT2D eigenvalue weighted by Gasteiger charge is 2.10. The van der Waals surface area contributed by atoms with Gasteiger partial charge >= 0.3 is 0 Å². The van der Waals surface area contributed by atoms with E-state index in [9.17, 15) is 14.0 Å². The van der Waals surface area contributed by atoms with Crippen LogP contribution in [0.2, 0.25) is 0 Å². The van der Waals surface area contributed by atoms with E-state index < -0.39 is 5.91 Å². The standard InChI is InChI=1S/C18H17FN6O2S/c19-14-6-8-15(9-7-14)28-11-10-16(26)20-21-17(27)12-25-23-18(22-24-25)13-4-2-1-3-5-13/h1-9H,10-12H2,(H,20,26)(H,21,27). The lowest BCUT2D eigenvalue weighted by Gasteiger charge is -2.06. The number of hydrogen-bond acceptors (Lipinski definition) is 6. The predicted molar refractivity (Wildman–Crippen MR) is 101 cm³/mol. The maximum Gasteiger partial charge on any atom is 0.262 e. The quantitative estimate of drug-likeness (QED) is 0.463. The van der Waals surface area contributed by atoms with Crippen LogP contribution < -0.4 is 10.9 Å². The number of nitrogens with zero attached hydrogens (tertiary/aromatic N) is 4. The average Bonchev–Trinajstić information content (AvgIpc) is 3.17. The Morgan fingerprint density at radius 1 is 1.00 bits per heavy atom. The zero-order valence-corrected chi connectivity index (χ0v) is 15.5.